The van der Waals surface area contributed by atoms with E-state index in [-0.39, 0.29) is 17.4 Å². The molecule has 0 unspecified atom stereocenters. The fourth-order valence-corrected chi connectivity index (χ4v) is 3.64. The van der Waals surface area contributed by atoms with E-state index >= 15 is 0 Å². The second-order valence-electron chi connectivity index (χ2n) is 7.23. The predicted octanol–water partition coefficient (Wildman–Crippen LogP) is 3.40. The minimum absolute atomic E-state index is 0.161. The van der Waals surface area contributed by atoms with Crippen LogP contribution in [0.5, 0.6) is 0 Å². The molecule has 1 atom stereocenters. The molecule has 0 aromatic heterocycles. The van der Waals surface area contributed by atoms with E-state index < -0.39 is 0 Å². The summed E-state index contributed by atoms with van der Waals surface area (Å²) in [6.45, 7) is 4.80. The van der Waals surface area contributed by atoms with Gasteiger partial charge in [0.1, 0.15) is 0 Å². The molecule has 0 saturated carbocycles. The summed E-state index contributed by atoms with van der Waals surface area (Å²) in [4.78, 5) is 12.3. The van der Waals surface area contributed by atoms with Crippen molar-refractivity contribution in [2.75, 3.05) is 26.4 Å². The molecule has 1 saturated heterocycles. The number of ether oxygens (including phenoxy) is 2. The Labute approximate surface area is 144 Å². The zero-order valence-corrected chi connectivity index (χ0v) is 14.7. The minimum atomic E-state index is -0.262. The number of rotatable bonds is 6. The van der Waals surface area contributed by atoms with Crippen LogP contribution in [-0.2, 0) is 20.7 Å². The number of hydrogen-bond acceptors (Lipinski definition) is 3. The molecule has 0 spiro atoms. The van der Waals surface area contributed by atoms with E-state index in [9.17, 15) is 4.79 Å². The van der Waals surface area contributed by atoms with Crippen LogP contribution >= 0.6 is 0 Å². The van der Waals surface area contributed by atoms with Crippen LogP contribution in [0.2, 0.25) is 0 Å². The number of fused-ring (bicyclic) bond motifs is 1. The molecule has 1 amide bonds. The summed E-state index contributed by atoms with van der Waals surface area (Å²) in [5.74, 6) is 0.161. The van der Waals surface area contributed by atoms with Gasteiger partial charge in [0.25, 0.3) is 0 Å². The summed E-state index contributed by atoms with van der Waals surface area (Å²) >= 11 is 0. The van der Waals surface area contributed by atoms with Gasteiger partial charge in [0.2, 0.25) is 5.91 Å². The second-order valence-corrected chi connectivity index (χ2v) is 7.23. The summed E-state index contributed by atoms with van der Waals surface area (Å²) in [5.41, 5.74) is 2.51. The quantitative estimate of drug-likeness (QED) is 0.813. The molecule has 2 aliphatic rings. The first-order valence-corrected chi connectivity index (χ1v) is 9.24. The Hall–Kier alpha value is -1.39. The highest BCUT2D eigenvalue weighted by Gasteiger charge is 2.34. The highest BCUT2D eigenvalue weighted by molar-refractivity contribution is 5.82. The van der Waals surface area contributed by atoms with E-state index in [1.807, 2.05) is 6.92 Å². The molecule has 24 heavy (non-hydrogen) atoms. The van der Waals surface area contributed by atoms with Gasteiger partial charge in [-0.25, -0.2) is 0 Å². The van der Waals surface area contributed by atoms with Crippen molar-refractivity contribution < 1.29 is 14.3 Å². The Morgan fingerprint density at radius 1 is 1.33 bits per heavy atom. The van der Waals surface area contributed by atoms with Crippen LogP contribution in [0.25, 0.3) is 0 Å². The number of hydrogen-bond donors (Lipinski definition) is 1. The van der Waals surface area contributed by atoms with Crippen molar-refractivity contribution in [2.24, 2.45) is 5.41 Å². The molecule has 1 aromatic rings. The average molecular weight is 331 g/mol. The zero-order valence-electron chi connectivity index (χ0n) is 14.7. The van der Waals surface area contributed by atoms with Crippen molar-refractivity contribution in [1.82, 2.24) is 5.32 Å². The van der Waals surface area contributed by atoms with Gasteiger partial charge >= 0.3 is 0 Å². The predicted molar refractivity (Wildman–Crippen MR) is 93.9 cm³/mol. The van der Waals surface area contributed by atoms with Crippen LogP contribution in [0, 0.1) is 5.41 Å². The summed E-state index contributed by atoms with van der Waals surface area (Å²) < 4.78 is 11.4. The first-order chi connectivity index (χ1) is 11.7. The van der Waals surface area contributed by atoms with Crippen molar-refractivity contribution in [3.05, 3.63) is 35.4 Å². The lowest BCUT2D eigenvalue weighted by Crippen LogP contribution is -2.43. The van der Waals surface area contributed by atoms with Gasteiger partial charge in [0.05, 0.1) is 11.5 Å². The molecule has 1 aliphatic heterocycles. The topological polar surface area (TPSA) is 47.6 Å². The van der Waals surface area contributed by atoms with Crippen LogP contribution < -0.4 is 5.32 Å². The van der Waals surface area contributed by atoms with Gasteiger partial charge in [0, 0.05) is 26.4 Å². The van der Waals surface area contributed by atoms with E-state index in [0.29, 0.717) is 26.4 Å². The van der Waals surface area contributed by atoms with Crippen LogP contribution in [0.3, 0.4) is 0 Å². The Bertz CT molecular complexity index is 552. The zero-order chi connectivity index (χ0) is 16.8. The van der Waals surface area contributed by atoms with Crippen molar-refractivity contribution >= 4 is 5.91 Å². The molecular formula is C20H29NO3. The van der Waals surface area contributed by atoms with Gasteiger partial charge in [-0.05, 0) is 49.7 Å². The number of amides is 1. The molecule has 1 fully saturated rings. The highest BCUT2D eigenvalue weighted by atomic mass is 16.5. The monoisotopic (exact) mass is 331 g/mol. The summed E-state index contributed by atoms with van der Waals surface area (Å²) in [7, 11) is 0. The van der Waals surface area contributed by atoms with Crippen LogP contribution in [0.15, 0.2) is 24.3 Å². The number of carbonyl (C=O) groups excluding carboxylic acids is 1. The van der Waals surface area contributed by atoms with Gasteiger partial charge in [-0.1, -0.05) is 31.2 Å². The number of benzene rings is 1. The van der Waals surface area contributed by atoms with Gasteiger partial charge in [-0.3, -0.25) is 4.79 Å². The molecule has 1 aliphatic carbocycles. The van der Waals surface area contributed by atoms with Crippen LogP contribution in [0.4, 0.5) is 0 Å². The normalized spacial score (nSPS) is 22.6. The Kier molecular flexibility index (Phi) is 5.90. The molecule has 0 bridgehead atoms. The third-order valence-electron chi connectivity index (χ3n) is 5.38. The van der Waals surface area contributed by atoms with Crippen molar-refractivity contribution in [3.63, 3.8) is 0 Å². The largest absolute Gasteiger partial charge is 0.381 e. The maximum absolute atomic E-state index is 12.3. The SMILES string of the molecule is CC1(C(=O)NCCCO[C@@H]2CCCc3ccccc32)CCOCC1. The van der Waals surface area contributed by atoms with E-state index in [4.69, 9.17) is 9.47 Å². The first-order valence-electron chi connectivity index (χ1n) is 9.24. The average Bonchev–Trinajstić information content (AvgIpc) is 2.62. The molecule has 3 rings (SSSR count). The lowest BCUT2D eigenvalue weighted by atomic mass is 9.81. The third-order valence-corrected chi connectivity index (χ3v) is 5.38. The Balaban J connectivity index is 1.38. The Morgan fingerprint density at radius 2 is 2.12 bits per heavy atom. The molecule has 1 N–H and O–H groups in total. The standard InChI is InChI=1S/C20H29NO3/c1-20(10-14-23-15-11-20)19(22)21-12-5-13-24-18-9-4-7-16-6-2-3-8-17(16)18/h2-3,6,8,18H,4-5,7,9-15H2,1H3,(H,21,22)/t18-/m1/s1. The summed E-state index contributed by atoms with van der Waals surface area (Å²) in [6, 6.07) is 8.59. The molecule has 4 heteroatoms. The van der Waals surface area contributed by atoms with E-state index in [2.05, 4.69) is 29.6 Å². The third kappa shape index (κ3) is 4.17. The molecule has 4 nitrogen and oxygen atoms in total. The van der Waals surface area contributed by atoms with Crippen molar-refractivity contribution in [2.45, 2.75) is 51.6 Å². The summed E-state index contributed by atoms with van der Waals surface area (Å²) in [5, 5.41) is 3.08. The second kappa shape index (κ2) is 8.13. The molecule has 1 heterocycles. The molecular weight excluding hydrogens is 302 g/mol. The van der Waals surface area contributed by atoms with E-state index in [1.54, 1.807) is 0 Å². The van der Waals surface area contributed by atoms with Gasteiger partial charge in [-0.2, -0.15) is 0 Å². The van der Waals surface area contributed by atoms with Gasteiger partial charge in [0.15, 0.2) is 0 Å². The van der Waals surface area contributed by atoms with Crippen molar-refractivity contribution in [1.29, 1.82) is 0 Å². The lowest BCUT2D eigenvalue weighted by molar-refractivity contribution is -0.135. The number of carbonyl (C=O) groups is 1. The van der Waals surface area contributed by atoms with Crippen molar-refractivity contribution in [3.8, 4) is 0 Å². The van der Waals surface area contributed by atoms with E-state index in [0.717, 1.165) is 32.1 Å². The lowest BCUT2D eigenvalue weighted by Gasteiger charge is -2.32. The molecule has 132 valence electrons. The maximum atomic E-state index is 12.3. The summed E-state index contributed by atoms with van der Waals surface area (Å²) in [6.07, 6.45) is 6.16. The number of aryl methyl sites for hydroxylation is 1. The number of nitrogens with one attached hydrogen (secondary N) is 1. The first kappa shape index (κ1) is 17.4. The minimum Gasteiger partial charge on any atom is -0.381 e. The van der Waals surface area contributed by atoms with Gasteiger partial charge < -0.3 is 14.8 Å². The Morgan fingerprint density at radius 3 is 2.96 bits per heavy atom. The smallest absolute Gasteiger partial charge is 0.226 e. The van der Waals surface area contributed by atoms with Gasteiger partial charge in [-0.15, -0.1) is 0 Å². The maximum Gasteiger partial charge on any atom is 0.226 e. The van der Waals surface area contributed by atoms with Crippen LogP contribution in [-0.4, -0.2) is 32.3 Å². The fraction of sp³-hybridized carbons (Fsp3) is 0.650. The highest BCUT2D eigenvalue weighted by Crippen LogP contribution is 2.32. The van der Waals surface area contributed by atoms with E-state index in [1.165, 1.54) is 17.5 Å². The molecule has 1 aromatic carbocycles. The molecule has 0 radical (unpaired) electrons. The fourth-order valence-electron chi connectivity index (χ4n) is 3.64. The van der Waals surface area contributed by atoms with Crippen LogP contribution in [0.1, 0.15) is 56.3 Å².